The number of halogens is 1. The average molecular weight is 329 g/mol. The number of rotatable bonds is 7. The molecule has 6 nitrogen and oxygen atoms in total. The summed E-state index contributed by atoms with van der Waals surface area (Å²) in [5.41, 5.74) is 0.861. The van der Waals surface area contributed by atoms with Gasteiger partial charge in [-0.05, 0) is 48.5 Å². The Morgan fingerprint density at radius 1 is 0.958 bits per heavy atom. The second-order valence-corrected chi connectivity index (χ2v) is 5.06. The van der Waals surface area contributed by atoms with Crippen molar-refractivity contribution in [2.45, 2.75) is 6.10 Å². The smallest absolute Gasteiger partial charge is 0.138 e. The summed E-state index contributed by atoms with van der Waals surface area (Å²) in [4.78, 5) is 3.88. The topological polar surface area (TPSA) is 69.4 Å². The molecule has 1 aromatic heterocycles. The molecule has 0 radical (unpaired) electrons. The Hall–Kier alpha value is -2.93. The lowest BCUT2D eigenvalue weighted by atomic mass is 10.3. The summed E-state index contributed by atoms with van der Waals surface area (Å²) in [7, 11) is 0. The number of nitrogens with zero attached hydrogens (tertiary/aromatic N) is 3. The monoisotopic (exact) mass is 329 g/mol. The summed E-state index contributed by atoms with van der Waals surface area (Å²) in [6.45, 7) is 0.145. The van der Waals surface area contributed by atoms with Crippen molar-refractivity contribution in [3.8, 4) is 17.2 Å². The number of benzene rings is 2. The number of aliphatic hydroxyl groups excluding tert-OH is 1. The first-order valence-corrected chi connectivity index (χ1v) is 7.35. The zero-order valence-corrected chi connectivity index (χ0v) is 12.7. The molecule has 24 heavy (non-hydrogen) atoms. The molecule has 0 saturated heterocycles. The van der Waals surface area contributed by atoms with E-state index in [1.54, 1.807) is 23.1 Å². The van der Waals surface area contributed by atoms with E-state index in [0.29, 0.717) is 11.5 Å². The zero-order valence-electron chi connectivity index (χ0n) is 12.7. The quantitative estimate of drug-likeness (QED) is 0.720. The minimum absolute atomic E-state index is 0.0582. The highest BCUT2D eigenvalue weighted by Crippen LogP contribution is 2.15. The Balaban J connectivity index is 1.45. The number of hydrogen-bond acceptors (Lipinski definition) is 5. The second-order valence-electron chi connectivity index (χ2n) is 5.06. The van der Waals surface area contributed by atoms with Crippen LogP contribution in [0.25, 0.3) is 5.69 Å². The van der Waals surface area contributed by atoms with E-state index < -0.39 is 6.10 Å². The molecule has 124 valence electrons. The van der Waals surface area contributed by atoms with Crippen LogP contribution < -0.4 is 9.47 Å². The first-order valence-electron chi connectivity index (χ1n) is 7.35. The third-order valence-electron chi connectivity index (χ3n) is 3.22. The standard InChI is InChI=1S/C17H16FN3O3/c18-13-1-5-16(6-2-13)23-9-15(22)10-24-17-7-3-14(4-8-17)21-12-19-11-20-21/h1-8,11-12,15,22H,9-10H2. The fourth-order valence-corrected chi connectivity index (χ4v) is 2.00. The van der Waals surface area contributed by atoms with Crippen molar-refractivity contribution in [1.29, 1.82) is 0 Å². The molecule has 0 saturated carbocycles. The van der Waals surface area contributed by atoms with Gasteiger partial charge in [0.1, 0.15) is 49.3 Å². The van der Waals surface area contributed by atoms with E-state index in [4.69, 9.17) is 9.47 Å². The molecule has 0 spiro atoms. The highest BCUT2D eigenvalue weighted by molar-refractivity contribution is 5.36. The lowest BCUT2D eigenvalue weighted by Crippen LogP contribution is -2.25. The van der Waals surface area contributed by atoms with E-state index in [0.717, 1.165) is 5.69 Å². The minimum Gasteiger partial charge on any atom is -0.491 e. The first-order chi connectivity index (χ1) is 11.7. The molecule has 1 N–H and O–H groups in total. The molecule has 7 heteroatoms. The molecule has 3 aromatic rings. The van der Waals surface area contributed by atoms with Crippen LogP contribution in [0.3, 0.4) is 0 Å². The number of ether oxygens (including phenoxy) is 2. The van der Waals surface area contributed by atoms with Gasteiger partial charge in [-0.15, -0.1) is 0 Å². The van der Waals surface area contributed by atoms with Crippen LogP contribution in [0.15, 0.2) is 61.2 Å². The van der Waals surface area contributed by atoms with Crippen molar-refractivity contribution < 1.29 is 19.0 Å². The maximum absolute atomic E-state index is 12.8. The predicted molar refractivity (Wildman–Crippen MR) is 84.8 cm³/mol. The third-order valence-corrected chi connectivity index (χ3v) is 3.22. The predicted octanol–water partition coefficient (Wildman–Crippen LogP) is 2.23. The van der Waals surface area contributed by atoms with Crippen LogP contribution in [0.2, 0.25) is 0 Å². The number of aliphatic hydroxyl groups is 1. The first kappa shape index (κ1) is 15.9. The van der Waals surface area contributed by atoms with Crippen LogP contribution >= 0.6 is 0 Å². The van der Waals surface area contributed by atoms with E-state index in [2.05, 4.69) is 10.1 Å². The molecule has 0 aliphatic carbocycles. The van der Waals surface area contributed by atoms with Gasteiger partial charge in [0.2, 0.25) is 0 Å². The third kappa shape index (κ3) is 4.30. The summed E-state index contributed by atoms with van der Waals surface area (Å²) in [5, 5.41) is 13.9. The van der Waals surface area contributed by atoms with Crippen molar-refractivity contribution in [1.82, 2.24) is 14.8 Å². The Labute approximate surface area is 138 Å². The van der Waals surface area contributed by atoms with Gasteiger partial charge in [-0.3, -0.25) is 0 Å². The van der Waals surface area contributed by atoms with Gasteiger partial charge in [0.15, 0.2) is 0 Å². The molecule has 1 unspecified atom stereocenters. The highest BCUT2D eigenvalue weighted by atomic mass is 19.1. The Morgan fingerprint density at radius 3 is 2.08 bits per heavy atom. The van der Waals surface area contributed by atoms with Crippen molar-refractivity contribution in [2.24, 2.45) is 0 Å². The molecular weight excluding hydrogens is 313 g/mol. The number of aromatic nitrogens is 3. The molecule has 0 aliphatic heterocycles. The van der Waals surface area contributed by atoms with E-state index in [1.807, 2.05) is 12.1 Å². The minimum atomic E-state index is -0.801. The maximum Gasteiger partial charge on any atom is 0.138 e. The van der Waals surface area contributed by atoms with Crippen LogP contribution in [0, 0.1) is 5.82 Å². The normalized spacial score (nSPS) is 11.9. The fourth-order valence-electron chi connectivity index (χ4n) is 2.00. The summed E-state index contributed by atoms with van der Waals surface area (Å²) in [5.74, 6) is 0.785. The van der Waals surface area contributed by atoms with Crippen molar-refractivity contribution in [3.05, 3.63) is 67.0 Å². The van der Waals surface area contributed by atoms with Gasteiger partial charge in [0.05, 0.1) is 5.69 Å². The molecule has 1 heterocycles. The van der Waals surface area contributed by atoms with Crippen molar-refractivity contribution >= 4 is 0 Å². The van der Waals surface area contributed by atoms with E-state index >= 15 is 0 Å². The fraction of sp³-hybridized carbons (Fsp3) is 0.176. The molecule has 3 rings (SSSR count). The van der Waals surface area contributed by atoms with Gasteiger partial charge in [-0.2, -0.15) is 5.10 Å². The van der Waals surface area contributed by atoms with E-state index in [-0.39, 0.29) is 19.0 Å². The summed E-state index contributed by atoms with van der Waals surface area (Å²) in [6.07, 6.45) is 2.26. The largest absolute Gasteiger partial charge is 0.491 e. The van der Waals surface area contributed by atoms with Gasteiger partial charge in [0, 0.05) is 0 Å². The Bertz CT molecular complexity index is 746. The molecular formula is C17H16FN3O3. The van der Waals surface area contributed by atoms with Gasteiger partial charge in [-0.1, -0.05) is 0 Å². The van der Waals surface area contributed by atoms with E-state index in [1.165, 1.54) is 30.6 Å². The van der Waals surface area contributed by atoms with Crippen LogP contribution in [0.4, 0.5) is 4.39 Å². The summed E-state index contributed by atoms with van der Waals surface area (Å²) >= 11 is 0. The molecule has 0 fully saturated rings. The molecule has 0 amide bonds. The second kappa shape index (κ2) is 7.56. The van der Waals surface area contributed by atoms with Gasteiger partial charge in [0.25, 0.3) is 0 Å². The lowest BCUT2D eigenvalue weighted by Gasteiger charge is -2.14. The SMILES string of the molecule is OC(COc1ccc(F)cc1)COc1ccc(-n2cncn2)cc1. The molecule has 2 aromatic carbocycles. The van der Waals surface area contributed by atoms with Crippen molar-refractivity contribution in [2.75, 3.05) is 13.2 Å². The molecule has 1 atom stereocenters. The Morgan fingerprint density at radius 2 is 1.54 bits per heavy atom. The zero-order chi connectivity index (χ0) is 16.8. The molecule has 0 bridgehead atoms. The van der Waals surface area contributed by atoms with Crippen LogP contribution in [-0.2, 0) is 0 Å². The number of hydrogen-bond donors (Lipinski definition) is 1. The van der Waals surface area contributed by atoms with Gasteiger partial charge >= 0.3 is 0 Å². The van der Waals surface area contributed by atoms with Gasteiger partial charge in [-0.25, -0.2) is 14.1 Å². The van der Waals surface area contributed by atoms with Crippen molar-refractivity contribution in [3.63, 3.8) is 0 Å². The maximum atomic E-state index is 12.8. The summed E-state index contributed by atoms with van der Waals surface area (Å²) in [6, 6.07) is 12.9. The van der Waals surface area contributed by atoms with Gasteiger partial charge < -0.3 is 14.6 Å². The summed E-state index contributed by atoms with van der Waals surface area (Å²) < 4.78 is 25.3. The van der Waals surface area contributed by atoms with Crippen LogP contribution in [-0.4, -0.2) is 39.2 Å². The van der Waals surface area contributed by atoms with Crippen LogP contribution in [0.1, 0.15) is 0 Å². The van der Waals surface area contributed by atoms with E-state index in [9.17, 15) is 9.50 Å². The Kier molecular flexibility index (Phi) is 5.02. The average Bonchev–Trinajstić information content (AvgIpc) is 3.14. The molecule has 0 aliphatic rings. The van der Waals surface area contributed by atoms with Crippen LogP contribution in [0.5, 0.6) is 11.5 Å². The lowest BCUT2D eigenvalue weighted by molar-refractivity contribution is 0.0626. The highest BCUT2D eigenvalue weighted by Gasteiger charge is 2.07.